The molecule has 21 heavy (non-hydrogen) atoms. The van der Waals surface area contributed by atoms with Gasteiger partial charge in [-0.2, -0.15) is 5.10 Å². The second kappa shape index (κ2) is 5.06. The highest BCUT2D eigenvalue weighted by molar-refractivity contribution is 7.18. The van der Waals surface area contributed by atoms with E-state index in [9.17, 15) is 9.18 Å². The molecule has 8 heteroatoms. The molecule has 0 saturated carbocycles. The van der Waals surface area contributed by atoms with Crippen LogP contribution in [0.1, 0.15) is 5.69 Å². The van der Waals surface area contributed by atoms with Gasteiger partial charge in [0, 0.05) is 11.8 Å². The van der Waals surface area contributed by atoms with E-state index in [0.717, 1.165) is 11.3 Å². The fraction of sp³-hybridized carbons (Fsp3) is 0.0769. The summed E-state index contributed by atoms with van der Waals surface area (Å²) in [5.41, 5.74) is 6.71. The topological polar surface area (TPSA) is 86.7 Å². The lowest BCUT2D eigenvalue weighted by Crippen LogP contribution is -2.15. The number of nitrogen functional groups attached to an aromatic ring is 1. The number of halogens is 1. The standard InChI is InChI=1S/C13H10FN5OS/c1-7-6-10(20)11(12-16-17-13(15)21-12)18-19(7)9-4-2-8(14)3-5-9/h2-6H,1H3,(H2,15,17). The number of benzene rings is 1. The van der Waals surface area contributed by atoms with Crippen LogP contribution in [-0.4, -0.2) is 20.0 Å². The molecule has 2 heterocycles. The average Bonchev–Trinajstić information content (AvgIpc) is 2.87. The molecule has 6 nitrogen and oxygen atoms in total. The third kappa shape index (κ3) is 2.52. The molecule has 2 aromatic heterocycles. The van der Waals surface area contributed by atoms with E-state index in [1.54, 1.807) is 23.7 Å². The Morgan fingerprint density at radius 1 is 1.24 bits per heavy atom. The normalized spacial score (nSPS) is 10.8. The maximum atomic E-state index is 13.0. The molecular weight excluding hydrogens is 293 g/mol. The number of rotatable bonds is 2. The van der Waals surface area contributed by atoms with Crippen molar-refractivity contribution >= 4 is 16.5 Å². The molecule has 3 rings (SSSR count). The van der Waals surface area contributed by atoms with Gasteiger partial charge in [0.1, 0.15) is 5.82 Å². The highest BCUT2D eigenvalue weighted by atomic mass is 32.1. The van der Waals surface area contributed by atoms with Gasteiger partial charge >= 0.3 is 0 Å². The second-order valence-corrected chi connectivity index (χ2v) is 5.34. The Balaban J connectivity index is 2.18. The van der Waals surface area contributed by atoms with Crippen LogP contribution in [0.5, 0.6) is 0 Å². The average molecular weight is 303 g/mol. The number of hydrogen-bond donors (Lipinski definition) is 1. The minimum Gasteiger partial charge on any atom is -0.374 e. The van der Waals surface area contributed by atoms with Gasteiger partial charge < -0.3 is 5.73 Å². The molecule has 0 fully saturated rings. The molecular formula is C13H10FN5OS. The lowest BCUT2D eigenvalue weighted by Gasteiger charge is -2.10. The van der Waals surface area contributed by atoms with Crippen molar-refractivity contribution in [1.29, 1.82) is 0 Å². The molecule has 0 saturated heterocycles. The van der Waals surface area contributed by atoms with Crippen molar-refractivity contribution in [3.63, 3.8) is 0 Å². The van der Waals surface area contributed by atoms with E-state index in [-0.39, 0.29) is 22.1 Å². The Morgan fingerprint density at radius 3 is 2.57 bits per heavy atom. The van der Waals surface area contributed by atoms with Crippen molar-refractivity contribution in [2.45, 2.75) is 6.92 Å². The highest BCUT2D eigenvalue weighted by Crippen LogP contribution is 2.21. The minimum absolute atomic E-state index is 0.166. The fourth-order valence-electron chi connectivity index (χ4n) is 1.87. The van der Waals surface area contributed by atoms with Gasteiger partial charge in [-0.05, 0) is 31.2 Å². The Kier molecular flexibility index (Phi) is 3.22. The molecule has 106 valence electrons. The van der Waals surface area contributed by atoms with Crippen molar-refractivity contribution in [3.8, 4) is 16.4 Å². The van der Waals surface area contributed by atoms with Crippen molar-refractivity contribution in [2.24, 2.45) is 0 Å². The molecule has 0 aliphatic rings. The van der Waals surface area contributed by atoms with Gasteiger partial charge in [-0.1, -0.05) is 11.3 Å². The quantitative estimate of drug-likeness (QED) is 0.780. The van der Waals surface area contributed by atoms with Crippen molar-refractivity contribution in [2.75, 3.05) is 5.73 Å². The van der Waals surface area contributed by atoms with Crippen molar-refractivity contribution < 1.29 is 4.39 Å². The minimum atomic E-state index is -0.338. The van der Waals surface area contributed by atoms with Crippen LogP contribution in [-0.2, 0) is 0 Å². The van der Waals surface area contributed by atoms with Gasteiger partial charge in [-0.25, -0.2) is 9.07 Å². The van der Waals surface area contributed by atoms with Gasteiger partial charge in [0.2, 0.25) is 10.6 Å². The van der Waals surface area contributed by atoms with Gasteiger partial charge in [-0.3, -0.25) is 4.79 Å². The summed E-state index contributed by atoms with van der Waals surface area (Å²) in [6, 6.07) is 7.27. The molecule has 0 aliphatic heterocycles. The first-order valence-electron chi connectivity index (χ1n) is 6.01. The van der Waals surface area contributed by atoms with Gasteiger partial charge in [0.15, 0.2) is 10.7 Å². The monoisotopic (exact) mass is 303 g/mol. The predicted octanol–water partition coefficient (Wildman–Crippen LogP) is 1.78. The Labute approximate surface area is 122 Å². The number of aryl methyl sites for hydroxylation is 1. The van der Waals surface area contributed by atoms with Gasteiger partial charge in [-0.15, -0.1) is 10.2 Å². The lowest BCUT2D eigenvalue weighted by atomic mass is 10.3. The zero-order valence-electron chi connectivity index (χ0n) is 10.9. The molecule has 0 atom stereocenters. The van der Waals surface area contributed by atoms with E-state index in [1.165, 1.54) is 18.2 Å². The van der Waals surface area contributed by atoms with Gasteiger partial charge in [0.05, 0.1) is 5.69 Å². The van der Waals surface area contributed by atoms with E-state index in [4.69, 9.17) is 5.73 Å². The van der Waals surface area contributed by atoms with E-state index < -0.39 is 0 Å². The number of hydrogen-bond acceptors (Lipinski definition) is 6. The molecule has 1 aromatic carbocycles. The predicted molar refractivity (Wildman–Crippen MR) is 77.8 cm³/mol. The summed E-state index contributed by atoms with van der Waals surface area (Å²) in [5, 5.41) is 12.4. The molecule has 0 amide bonds. The van der Waals surface area contributed by atoms with E-state index in [1.807, 2.05) is 0 Å². The molecule has 2 N–H and O–H groups in total. The zero-order valence-corrected chi connectivity index (χ0v) is 11.8. The summed E-state index contributed by atoms with van der Waals surface area (Å²) in [5.74, 6) is -0.338. The molecule has 0 bridgehead atoms. The Hall–Kier alpha value is -2.61. The number of aromatic nitrogens is 4. The van der Waals surface area contributed by atoms with Crippen molar-refractivity contribution in [1.82, 2.24) is 20.0 Å². The van der Waals surface area contributed by atoms with Crippen LogP contribution in [0.3, 0.4) is 0 Å². The molecule has 0 unspecified atom stereocenters. The maximum absolute atomic E-state index is 13.0. The third-order valence-electron chi connectivity index (χ3n) is 2.82. The first kappa shape index (κ1) is 13.4. The Bertz CT molecular complexity index is 856. The van der Waals surface area contributed by atoms with Gasteiger partial charge in [0.25, 0.3) is 0 Å². The van der Waals surface area contributed by atoms with Crippen LogP contribution in [0.4, 0.5) is 9.52 Å². The van der Waals surface area contributed by atoms with Crippen LogP contribution in [0.2, 0.25) is 0 Å². The third-order valence-corrected chi connectivity index (χ3v) is 3.58. The smallest absolute Gasteiger partial charge is 0.210 e. The summed E-state index contributed by atoms with van der Waals surface area (Å²) in [7, 11) is 0. The fourth-order valence-corrected chi connectivity index (χ4v) is 2.47. The van der Waals surface area contributed by atoms with Crippen LogP contribution >= 0.6 is 11.3 Å². The summed E-state index contributed by atoms with van der Waals surface area (Å²) in [6.45, 7) is 1.75. The zero-order chi connectivity index (χ0) is 15.0. The second-order valence-electron chi connectivity index (χ2n) is 4.33. The summed E-state index contributed by atoms with van der Waals surface area (Å²) < 4.78 is 14.6. The summed E-state index contributed by atoms with van der Waals surface area (Å²) in [4.78, 5) is 12.0. The molecule has 0 spiro atoms. The summed E-state index contributed by atoms with van der Waals surface area (Å²) >= 11 is 1.09. The van der Waals surface area contributed by atoms with Crippen LogP contribution < -0.4 is 11.2 Å². The largest absolute Gasteiger partial charge is 0.374 e. The maximum Gasteiger partial charge on any atom is 0.210 e. The number of nitrogens with two attached hydrogens (primary N) is 1. The van der Waals surface area contributed by atoms with Crippen molar-refractivity contribution in [3.05, 3.63) is 52.1 Å². The van der Waals surface area contributed by atoms with E-state index >= 15 is 0 Å². The molecule has 3 aromatic rings. The SMILES string of the molecule is Cc1cc(=O)c(-c2nnc(N)s2)nn1-c1ccc(F)cc1. The van der Waals surface area contributed by atoms with Crippen LogP contribution in [0, 0.1) is 12.7 Å². The van der Waals surface area contributed by atoms with E-state index in [0.29, 0.717) is 16.4 Å². The lowest BCUT2D eigenvalue weighted by molar-refractivity contribution is 0.626. The molecule has 0 radical (unpaired) electrons. The summed E-state index contributed by atoms with van der Waals surface area (Å²) in [6.07, 6.45) is 0. The van der Waals surface area contributed by atoms with E-state index in [2.05, 4.69) is 15.3 Å². The number of anilines is 1. The number of nitrogens with zero attached hydrogens (tertiary/aromatic N) is 4. The Morgan fingerprint density at radius 2 is 1.95 bits per heavy atom. The molecule has 0 aliphatic carbocycles. The van der Waals surface area contributed by atoms with Crippen LogP contribution in [0.15, 0.2) is 35.1 Å². The first-order valence-corrected chi connectivity index (χ1v) is 6.82. The first-order chi connectivity index (χ1) is 10.0. The highest BCUT2D eigenvalue weighted by Gasteiger charge is 2.13. The van der Waals surface area contributed by atoms with Crippen LogP contribution in [0.25, 0.3) is 16.4 Å².